The number of carbonyl (C=O) groups excluding carboxylic acids is 2. The number of aliphatic hydroxyl groups is 1. The van der Waals surface area contributed by atoms with Crippen LogP contribution in [0, 0.1) is 19.7 Å². The smallest absolute Gasteiger partial charge is 0.296 e. The van der Waals surface area contributed by atoms with E-state index in [-0.39, 0.29) is 16.5 Å². The van der Waals surface area contributed by atoms with Crippen LogP contribution in [0.15, 0.2) is 58.1 Å². The highest BCUT2D eigenvalue weighted by molar-refractivity contribution is 8.00. The Hall–Kier alpha value is -3.81. The summed E-state index contributed by atoms with van der Waals surface area (Å²) in [6.07, 6.45) is 0.805. The number of Topliss-reactive ketones (excluding diaryl/α,β-unsaturated/α-hetero) is 1. The fourth-order valence-corrected chi connectivity index (χ4v) is 7.29. The number of anilines is 1. The highest BCUT2D eigenvalue weighted by Crippen LogP contribution is 2.46. The lowest BCUT2D eigenvalue weighted by Gasteiger charge is -2.25. The summed E-state index contributed by atoms with van der Waals surface area (Å²) in [5, 5.41) is 20.6. The molecular weight excluding hydrogens is 612 g/mol. The van der Waals surface area contributed by atoms with E-state index >= 15 is 0 Å². The quantitative estimate of drug-likeness (QED) is 0.0992. The molecule has 13 heteroatoms. The second-order valence-corrected chi connectivity index (χ2v) is 13.0. The van der Waals surface area contributed by atoms with Gasteiger partial charge in [-0.2, -0.15) is 0 Å². The van der Waals surface area contributed by atoms with E-state index in [0.717, 1.165) is 23.3 Å². The van der Waals surface area contributed by atoms with E-state index in [9.17, 15) is 19.1 Å². The largest absolute Gasteiger partial charge is 0.503 e. The van der Waals surface area contributed by atoms with Gasteiger partial charge in [0, 0.05) is 5.75 Å². The third kappa shape index (κ3) is 6.43. The van der Waals surface area contributed by atoms with Crippen molar-refractivity contribution >= 4 is 51.3 Å². The SMILES string of the molecule is CCCOc1ccc(C2C(C(=O)c3sc(C)nc3C)=C(O)C(=O)N2c2nnc(SCc3ccc(F)cc3)s2)cc1OCC. The van der Waals surface area contributed by atoms with Gasteiger partial charge in [0.25, 0.3) is 5.91 Å². The molecule has 3 heterocycles. The van der Waals surface area contributed by atoms with Crippen LogP contribution in [0.1, 0.15) is 57.8 Å². The van der Waals surface area contributed by atoms with Gasteiger partial charge in [0.2, 0.25) is 10.9 Å². The number of nitrogens with zero attached hydrogens (tertiary/aromatic N) is 4. The number of aliphatic hydroxyl groups excluding tert-OH is 1. The molecule has 1 atom stereocenters. The third-order valence-electron chi connectivity index (χ3n) is 6.48. The normalized spacial score (nSPS) is 15.0. The number of ether oxygens (including phenoxy) is 2. The van der Waals surface area contributed by atoms with Crippen LogP contribution in [0.25, 0.3) is 0 Å². The van der Waals surface area contributed by atoms with Gasteiger partial charge in [-0.3, -0.25) is 14.5 Å². The number of carbonyl (C=O) groups is 2. The van der Waals surface area contributed by atoms with Gasteiger partial charge < -0.3 is 14.6 Å². The van der Waals surface area contributed by atoms with Gasteiger partial charge in [0.05, 0.1) is 40.4 Å². The van der Waals surface area contributed by atoms with E-state index in [1.54, 1.807) is 44.2 Å². The number of aromatic nitrogens is 3. The van der Waals surface area contributed by atoms with Crippen molar-refractivity contribution in [3.05, 3.63) is 86.3 Å². The summed E-state index contributed by atoms with van der Waals surface area (Å²) in [6, 6.07) is 10.4. The maximum absolute atomic E-state index is 14.0. The van der Waals surface area contributed by atoms with Crippen molar-refractivity contribution in [1.29, 1.82) is 0 Å². The molecule has 43 heavy (non-hydrogen) atoms. The zero-order valence-corrected chi connectivity index (χ0v) is 26.4. The van der Waals surface area contributed by atoms with Crippen LogP contribution in [0.2, 0.25) is 0 Å². The van der Waals surface area contributed by atoms with E-state index in [1.165, 1.54) is 40.1 Å². The number of hydrogen-bond acceptors (Lipinski definition) is 11. The number of benzene rings is 2. The second-order valence-electron chi connectivity index (χ2n) is 9.57. The van der Waals surface area contributed by atoms with Crippen molar-refractivity contribution in [3.8, 4) is 11.5 Å². The molecule has 0 fully saturated rings. The summed E-state index contributed by atoms with van der Waals surface area (Å²) >= 11 is 3.75. The Morgan fingerprint density at radius 1 is 1.07 bits per heavy atom. The number of thioether (sulfide) groups is 1. The van der Waals surface area contributed by atoms with Gasteiger partial charge in [-0.15, -0.1) is 21.5 Å². The minimum atomic E-state index is -1.01. The number of thiazole rings is 1. The molecular formula is C30H29FN4O5S3. The number of halogens is 1. The molecule has 4 aromatic rings. The van der Waals surface area contributed by atoms with Crippen LogP contribution in [0.3, 0.4) is 0 Å². The van der Waals surface area contributed by atoms with Gasteiger partial charge in [0.15, 0.2) is 21.6 Å². The summed E-state index contributed by atoms with van der Waals surface area (Å²) in [6.45, 7) is 8.23. The molecule has 9 nitrogen and oxygen atoms in total. The average molecular weight is 641 g/mol. The van der Waals surface area contributed by atoms with Gasteiger partial charge in [-0.05, 0) is 62.6 Å². The Labute approximate surface area is 260 Å². The molecule has 0 radical (unpaired) electrons. The first-order chi connectivity index (χ1) is 20.7. The first kappa shape index (κ1) is 30.6. The Morgan fingerprint density at radius 3 is 2.51 bits per heavy atom. The third-order valence-corrected chi connectivity index (χ3v) is 9.68. The molecule has 0 bridgehead atoms. The minimum absolute atomic E-state index is 0.0721. The minimum Gasteiger partial charge on any atom is -0.503 e. The molecule has 1 aliphatic rings. The first-order valence-electron chi connectivity index (χ1n) is 13.6. The van der Waals surface area contributed by atoms with Crippen molar-refractivity contribution < 1.29 is 28.6 Å². The molecule has 0 saturated heterocycles. The van der Waals surface area contributed by atoms with Gasteiger partial charge in [0.1, 0.15) is 5.82 Å². The topological polar surface area (TPSA) is 115 Å². The van der Waals surface area contributed by atoms with Crippen molar-refractivity contribution in [2.24, 2.45) is 0 Å². The number of amides is 1. The average Bonchev–Trinajstić information content (AvgIpc) is 3.67. The molecule has 0 spiro atoms. The Balaban J connectivity index is 1.55. The lowest BCUT2D eigenvalue weighted by Crippen LogP contribution is -2.31. The maximum atomic E-state index is 14.0. The van der Waals surface area contributed by atoms with Crippen molar-refractivity contribution in [1.82, 2.24) is 15.2 Å². The fourth-order valence-electron chi connectivity index (χ4n) is 4.59. The van der Waals surface area contributed by atoms with E-state index in [1.807, 2.05) is 13.8 Å². The van der Waals surface area contributed by atoms with E-state index in [2.05, 4.69) is 15.2 Å². The van der Waals surface area contributed by atoms with Crippen LogP contribution < -0.4 is 14.4 Å². The van der Waals surface area contributed by atoms with Crippen molar-refractivity contribution in [3.63, 3.8) is 0 Å². The number of hydrogen-bond donors (Lipinski definition) is 1. The fraction of sp³-hybridized carbons (Fsp3) is 0.300. The van der Waals surface area contributed by atoms with E-state index in [4.69, 9.17) is 9.47 Å². The molecule has 1 amide bonds. The molecule has 1 unspecified atom stereocenters. The van der Waals surface area contributed by atoms with E-state index in [0.29, 0.717) is 55.9 Å². The highest BCUT2D eigenvalue weighted by Gasteiger charge is 2.47. The van der Waals surface area contributed by atoms with Gasteiger partial charge in [-0.25, -0.2) is 9.37 Å². The molecule has 5 rings (SSSR count). The number of rotatable bonds is 12. The summed E-state index contributed by atoms with van der Waals surface area (Å²) < 4.78 is 25.6. The monoisotopic (exact) mass is 640 g/mol. The first-order valence-corrected chi connectivity index (χ1v) is 16.2. The molecule has 1 aliphatic heterocycles. The predicted molar refractivity (Wildman–Crippen MR) is 165 cm³/mol. The molecule has 1 N–H and O–H groups in total. The predicted octanol–water partition coefficient (Wildman–Crippen LogP) is 7.01. The Kier molecular flexibility index (Phi) is 9.43. The Morgan fingerprint density at radius 2 is 1.84 bits per heavy atom. The zero-order valence-electron chi connectivity index (χ0n) is 23.9. The van der Waals surface area contributed by atoms with Gasteiger partial charge >= 0.3 is 0 Å². The molecule has 0 saturated carbocycles. The standard InChI is InChI=1S/C30H29FN4O5S3/c1-5-13-40-21-12-9-19(14-22(21)39-6-2)24-23(25(36)27-16(3)32-17(4)42-27)26(37)28(38)35(24)29-33-34-30(43-29)41-15-18-7-10-20(31)11-8-18/h7-12,14,24,37H,5-6,13,15H2,1-4H3. The summed E-state index contributed by atoms with van der Waals surface area (Å²) in [5.74, 6) is -0.709. The summed E-state index contributed by atoms with van der Waals surface area (Å²) in [4.78, 5) is 33.6. The summed E-state index contributed by atoms with van der Waals surface area (Å²) in [7, 11) is 0. The van der Waals surface area contributed by atoms with E-state index < -0.39 is 23.5 Å². The molecule has 2 aromatic carbocycles. The van der Waals surface area contributed by atoms with Crippen LogP contribution in [0.4, 0.5) is 9.52 Å². The molecule has 224 valence electrons. The number of aryl methyl sites for hydroxylation is 2. The highest BCUT2D eigenvalue weighted by atomic mass is 32.2. The number of ketones is 1. The van der Waals surface area contributed by atoms with Crippen molar-refractivity contribution in [2.75, 3.05) is 18.1 Å². The lowest BCUT2D eigenvalue weighted by molar-refractivity contribution is -0.117. The van der Waals surface area contributed by atoms with Crippen molar-refractivity contribution in [2.45, 2.75) is 50.3 Å². The summed E-state index contributed by atoms with van der Waals surface area (Å²) in [5.41, 5.74) is 1.88. The van der Waals surface area contributed by atoms with Crippen LogP contribution in [0.5, 0.6) is 11.5 Å². The molecule has 2 aromatic heterocycles. The maximum Gasteiger partial charge on any atom is 0.296 e. The zero-order chi connectivity index (χ0) is 30.7. The van der Waals surface area contributed by atoms with Crippen LogP contribution >= 0.6 is 34.4 Å². The second kappa shape index (κ2) is 13.2. The van der Waals surface area contributed by atoms with Crippen LogP contribution in [-0.4, -0.2) is 45.2 Å². The van der Waals surface area contributed by atoms with Gasteiger partial charge in [-0.1, -0.05) is 48.2 Å². The lowest BCUT2D eigenvalue weighted by atomic mass is 9.95. The van der Waals surface area contributed by atoms with Crippen LogP contribution in [-0.2, 0) is 10.5 Å². The Bertz CT molecular complexity index is 1690. The molecule has 0 aliphatic carbocycles.